The molecule has 0 aliphatic carbocycles. The lowest BCUT2D eigenvalue weighted by Crippen LogP contribution is -2.09. The van der Waals surface area contributed by atoms with Crippen LogP contribution in [-0.2, 0) is 0 Å². The van der Waals surface area contributed by atoms with Gasteiger partial charge in [0.15, 0.2) is 0 Å². The predicted octanol–water partition coefficient (Wildman–Crippen LogP) is 13.5. The van der Waals surface area contributed by atoms with Gasteiger partial charge in [0.25, 0.3) is 0 Å². The second-order valence-electron chi connectivity index (χ2n) is 14.9. The molecule has 7 heteroatoms. The monoisotopic (exact) mass is 775 g/mol. The molecule has 11 rings (SSSR count). The summed E-state index contributed by atoms with van der Waals surface area (Å²) in [6.07, 6.45) is 0. The minimum Gasteiger partial charge on any atom is -0.422 e. The first-order chi connectivity index (χ1) is 29.6. The fourth-order valence-electron chi connectivity index (χ4n) is 8.62. The number of rotatable bonds is 8. The lowest BCUT2D eigenvalue weighted by Gasteiger charge is -2.26. The van der Waals surface area contributed by atoms with E-state index in [0.717, 1.165) is 78.2 Å². The van der Waals surface area contributed by atoms with E-state index >= 15 is 0 Å². The number of anilines is 6. The van der Waals surface area contributed by atoms with Crippen LogP contribution in [0.3, 0.4) is 0 Å². The lowest BCUT2D eigenvalue weighted by molar-refractivity contribution is 0.569. The van der Waals surface area contributed by atoms with Crippen LogP contribution in [0.5, 0.6) is 0 Å². The highest BCUT2D eigenvalue weighted by Gasteiger charge is 2.22. The summed E-state index contributed by atoms with van der Waals surface area (Å²) in [5.41, 5.74) is 11.7. The van der Waals surface area contributed by atoms with E-state index in [1.165, 1.54) is 0 Å². The first kappa shape index (κ1) is 35.0. The average molecular weight is 776 g/mol. The molecule has 0 amide bonds. The van der Waals surface area contributed by atoms with Crippen molar-refractivity contribution in [1.29, 1.82) is 0 Å². The summed E-state index contributed by atoms with van der Waals surface area (Å²) < 4.78 is 10.2. The number of benzene rings is 8. The Morgan fingerprint density at radius 1 is 0.450 bits per heavy atom. The minimum atomic E-state index is -0.398. The minimum absolute atomic E-state index is 0.398. The van der Waals surface area contributed by atoms with Gasteiger partial charge in [-0.25, -0.2) is 9.48 Å². The summed E-state index contributed by atoms with van der Waals surface area (Å²) >= 11 is 0. The largest absolute Gasteiger partial charge is 0.422 e. The van der Waals surface area contributed by atoms with Crippen molar-refractivity contribution in [2.45, 2.75) is 6.92 Å². The zero-order valence-electron chi connectivity index (χ0n) is 32.7. The number of fused-ring (bicyclic) bond motifs is 6. The summed E-state index contributed by atoms with van der Waals surface area (Å²) in [6.45, 7) is 1.86. The fraction of sp³-hybridized carbons (Fsp3) is 0.0189. The zero-order chi connectivity index (χ0) is 40.2. The molecule has 7 nitrogen and oxygen atoms in total. The van der Waals surface area contributed by atoms with Gasteiger partial charge in [-0.15, -0.1) is 0 Å². The predicted molar refractivity (Wildman–Crippen MR) is 246 cm³/mol. The average Bonchev–Trinajstić information content (AvgIpc) is 3.83. The van der Waals surface area contributed by atoms with E-state index in [-0.39, 0.29) is 0 Å². The summed E-state index contributed by atoms with van der Waals surface area (Å²) in [5.74, 6) is 0. The normalized spacial score (nSPS) is 11.5. The highest BCUT2D eigenvalue weighted by molar-refractivity contribution is 6.13. The van der Waals surface area contributed by atoms with Crippen LogP contribution in [0.4, 0.5) is 34.1 Å². The molecule has 11 aromatic rings. The van der Waals surface area contributed by atoms with Crippen molar-refractivity contribution in [3.8, 4) is 11.4 Å². The van der Waals surface area contributed by atoms with Crippen molar-refractivity contribution in [1.82, 2.24) is 14.3 Å². The Bertz CT molecular complexity index is 3180. The van der Waals surface area contributed by atoms with Crippen molar-refractivity contribution < 1.29 is 4.42 Å². The van der Waals surface area contributed by atoms with Crippen LogP contribution in [0.15, 0.2) is 215 Å². The molecule has 0 unspecified atom stereocenters. The van der Waals surface area contributed by atoms with Gasteiger partial charge < -0.3 is 18.8 Å². The highest BCUT2D eigenvalue weighted by atomic mass is 16.4. The van der Waals surface area contributed by atoms with E-state index in [4.69, 9.17) is 9.52 Å². The first-order valence-corrected chi connectivity index (χ1v) is 20.0. The van der Waals surface area contributed by atoms with E-state index in [2.05, 4.69) is 154 Å². The van der Waals surface area contributed by atoms with Crippen LogP contribution in [0.1, 0.15) is 5.69 Å². The molecule has 0 spiro atoms. The molecule has 0 atom stereocenters. The maximum absolute atomic E-state index is 13.5. The molecule has 3 heterocycles. The maximum atomic E-state index is 13.5. The molecule has 60 heavy (non-hydrogen) atoms. The van der Waals surface area contributed by atoms with Crippen LogP contribution >= 0.6 is 0 Å². The molecule has 3 aromatic heterocycles. The number of hydrogen-bond donors (Lipinski definition) is 0. The van der Waals surface area contributed by atoms with Crippen molar-refractivity contribution in [3.63, 3.8) is 0 Å². The number of nitrogens with zero attached hydrogens (tertiary/aromatic N) is 5. The van der Waals surface area contributed by atoms with Crippen LogP contribution in [0.2, 0.25) is 0 Å². The number of hydrogen-bond acceptors (Lipinski definition) is 5. The van der Waals surface area contributed by atoms with Gasteiger partial charge in [-0.05, 0) is 122 Å². The van der Waals surface area contributed by atoms with Gasteiger partial charge in [0.05, 0.1) is 27.9 Å². The van der Waals surface area contributed by atoms with Gasteiger partial charge >= 0.3 is 5.63 Å². The number of para-hydroxylation sites is 5. The van der Waals surface area contributed by atoms with Gasteiger partial charge in [-0.2, -0.15) is 5.10 Å². The second kappa shape index (κ2) is 14.3. The SMILES string of the molecule is Cc1nn(-c2ccccc2)c2c1c(=O)oc1ccc(-n3c4ccc(N(c5ccccc5)c5ccccc5)cc4c4cc(N(c5ccccc5)c5ccccc5)ccc43)cc12. The Balaban J connectivity index is 1.19. The quantitative estimate of drug-likeness (QED) is 0.144. The molecule has 8 aromatic carbocycles. The third-order valence-corrected chi connectivity index (χ3v) is 11.3. The van der Waals surface area contributed by atoms with Crippen LogP contribution < -0.4 is 15.4 Å². The molecule has 0 saturated carbocycles. The van der Waals surface area contributed by atoms with Crippen LogP contribution in [0.25, 0.3) is 55.1 Å². The molecular formula is C53H37N5O2. The topological polar surface area (TPSA) is 59.4 Å². The Hall–Kier alpha value is -8.16. The lowest BCUT2D eigenvalue weighted by atomic mass is 10.1. The van der Waals surface area contributed by atoms with Crippen LogP contribution in [-0.4, -0.2) is 14.3 Å². The van der Waals surface area contributed by atoms with Crippen molar-refractivity contribution in [2.75, 3.05) is 9.80 Å². The summed E-state index contributed by atoms with van der Waals surface area (Å²) in [7, 11) is 0. The van der Waals surface area contributed by atoms with E-state index in [1.54, 1.807) is 0 Å². The third kappa shape index (κ3) is 5.83. The van der Waals surface area contributed by atoms with Gasteiger partial charge in [0.2, 0.25) is 0 Å². The molecule has 0 N–H and O–H groups in total. The van der Waals surface area contributed by atoms with E-state index < -0.39 is 5.63 Å². The van der Waals surface area contributed by atoms with Crippen molar-refractivity contribution in [3.05, 3.63) is 222 Å². The first-order valence-electron chi connectivity index (χ1n) is 20.0. The summed E-state index contributed by atoms with van der Waals surface area (Å²) in [5, 5.41) is 8.32. The van der Waals surface area contributed by atoms with Crippen LogP contribution in [0, 0.1) is 6.92 Å². The van der Waals surface area contributed by atoms with Gasteiger partial charge in [0, 0.05) is 56.0 Å². The van der Waals surface area contributed by atoms with E-state index in [9.17, 15) is 4.79 Å². The number of aromatic nitrogens is 3. The standard InChI is InChI=1S/C53H37N5O2/c1-36-51-52(58(54-36)41-25-15-6-16-26-41)47-35-44(29-32-50(47)60-53(51)59)57-48-30-27-42(55(37-17-7-2-8-18-37)38-19-9-3-10-20-38)33-45(48)46-34-43(28-31-49(46)57)56(39-21-11-4-12-22-39)40-23-13-5-14-24-40/h2-35H,1H3. The zero-order valence-corrected chi connectivity index (χ0v) is 32.7. The fourth-order valence-corrected chi connectivity index (χ4v) is 8.62. The smallest absolute Gasteiger partial charge is 0.347 e. The van der Waals surface area contributed by atoms with E-state index in [0.29, 0.717) is 16.7 Å². The molecular weight excluding hydrogens is 739 g/mol. The Labute approximate surface area is 345 Å². The Kier molecular flexibility index (Phi) is 8.37. The van der Waals surface area contributed by atoms with Gasteiger partial charge in [-0.1, -0.05) is 91.0 Å². The molecule has 0 aliphatic rings. The summed E-state index contributed by atoms with van der Waals surface area (Å²) in [4.78, 5) is 18.1. The molecule has 286 valence electrons. The van der Waals surface area contributed by atoms with Crippen molar-refractivity contribution in [2.24, 2.45) is 0 Å². The highest BCUT2D eigenvalue weighted by Crippen LogP contribution is 2.43. The third-order valence-electron chi connectivity index (χ3n) is 11.3. The molecule has 0 saturated heterocycles. The second-order valence-corrected chi connectivity index (χ2v) is 14.9. The Morgan fingerprint density at radius 2 is 0.900 bits per heavy atom. The summed E-state index contributed by atoms with van der Waals surface area (Å²) in [6, 6.07) is 71.4. The maximum Gasteiger partial charge on any atom is 0.347 e. The van der Waals surface area contributed by atoms with Gasteiger partial charge in [-0.3, -0.25) is 0 Å². The molecule has 0 bridgehead atoms. The van der Waals surface area contributed by atoms with Gasteiger partial charge in [0.1, 0.15) is 11.0 Å². The Morgan fingerprint density at radius 3 is 1.37 bits per heavy atom. The number of aryl methyl sites for hydroxylation is 1. The van der Waals surface area contributed by atoms with E-state index in [1.807, 2.05) is 78.3 Å². The van der Waals surface area contributed by atoms with Crippen molar-refractivity contribution >= 4 is 77.8 Å². The molecule has 0 aliphatic heterocycles. The molecule has 0 radical (unpaired) electrons. The molecule has 0 fully saturated rings.